The maximum absolute atomic E-state index is 5.63. The van der Waals surface area contributed by atoms with Crippen LogP contribution in [0.4, 0.5) is 0 Å². The summed E-state index contributed by atoms with van der Waals surface area (Å²) in [5.74, 6) is 0.896. The first-order valence-electron chi connectivity index (χ1n) is 5.87. The zero-order valence-electron chi connectivity index (χ0n) is 10.6. The van der Waals surface area contributed by atoms with E-state index in [1.54, 1.807) is 7.11 Å². The molecule has 0 saturated heterocycles. The van der Waals surface area contributed by atoms with Crippen molar-refractivity contribution < 1.29 is 4.74 Å². The number of para-hydroxylation sites is 2. The third-order valence-electron chi connectivity index (χ3n) is 2.91. The fraction of sp³-hybridized carbons (Fsp3) is 0.385. The predicted molar refractivity (Wildman–Crippen MR) is 76.7 cm³/mol. The largest absolute Gasteiger partial charge is 0.393 e. The Morgan fingerprint density at radius 2 is 2.22 bits per heavy atom. The number of aromatic nitrogens is 2. The Bertz CT molecular complexity index is 564. The molecule has 18 heavy (non-hydrogen) atoms. The molecule has 1 aromatic heterocycles. The van der Waals surface area contributed by atoms with Gasteiger partial charge in [0.05, 0.1) is 35.1 Å². The monoisotopic (exact) mass is 263 g/mol. The van der Waals surface area contributed by atoms with Gasteiger partial charge in [0.25, 0.3) is 0 Å². The van der Waals surface area contributed by atoms with Crippen LogP contribution in [-0.2, 0) is 17.7 Å². The lowest BCUT2D eigenvalue weighted by atomic mass is 10.3. The van der Waals surface area contributed by atoms with Crippen LogP contribution in [0.25, 0.3) is 11.0 Å². The normalized spacial score (nSPS) is 12.8. The zero-order valence-corrected chi connectivity index (χ0v) is 11.4. The van der Waals surface area contributed by atoms with Gasteiger partial charge in [0.2, 0.25) is 0 Å². The van der Waals surface area contributed by atoms with Crippen molar-refractivity contribution in [2.75, 3.05) is 7.11 Å². The van der Waals surface area contributed by atoms with Gasteiger partial charge in [-0.25, -0.2) is 4.98 Å². The average molecular weight is 263 g/mol. The summed E-state index contributed by atoms with van der Waals surface area (Å²) in [4.78, 5) is 5.04. The predicted octanol–water partition coefficient (Wildman–Crippen LogP) is 1.90. The highest BCUT2D eigenvalue weighted by Gasteiger charge is 2.13. The second-order valence-corrected chi connectivity index (χ2v) is 4.84. The Balaban J connectivity index is 2.46. The van der Waals surface area contributed by atoms with E-state index in [4.69, 9.17) is 22.7 Å². The molecule has 0 spiro atoms. The van der Waals surface area contributed by atoms with Gasteiger partial charge in [0.1, 0.15) is 5.82 Å². The molecule has 0 aliphatic carbocycles. The van der Waals surface area contributed by atoms with Crippen molar-refractivity contribution in [2.24, 2.45) is 5.73 Å². The Labute approximate surface area is 112 Å². The summed E-state index contributed by atoms with van der Waals surface area (Å²) in [6.07, 6.45) is 0.633. The zero-order chi connectivity index (χ0) is 13.1. The van der Waals surface area contributed by atoms with Crippen molar-refractivity contribution >= 4 is 28.2 Å². The van der Waals surface area contributed by atoms with Crippen LogP contribution < -0.4 is 5.73 Å². The number of methoxy groups -OCH3 is 1. The molecule has 2 aromatic rings. The molecule has 1 unspecified atom stereocenters. The third-order valence-corrected chi connectivity index (χ3v) is 3.05. The molecule has 1 heterocycles. The highest BCUT2D eigenvalue weighted by molar-refractivity contribution is 7.80. The van der Waals surface area contributed by atoms with Crippen LogP contribution in [0.15, 0.2) is 24.3 Å². The molecule has 1 atom stereocenters. The number of imidazole rings is 1. The Kier molecular flexibility index (Phi) is 3.93. The number of hydrogen-bond donors (Lipinski definition) is 1. The molecule has 5 heteroatoms. The number of rotatable bonds is 5. The maximum atomic E-state index is 5.63. The standard InChI is InChI=1S/C13H17N3OS/c1-9(17-2)8-16-11-6-4-3-5-10(11)15-13(16)7-12(14)18/h3-6,9H,7-8H2,1-2H3,(H2,14,18). The van der Waals surface area contributed by atoms with E-state index in [2.05, 4.69) is 9.55 Å². The summed E-state index contributed by atoms with van der Waals surface area (Å²) in [5, 5.41) is 0. The maximum Gasteiger partial charge on any atom is 0.116 e. The molecule has 0 aliphatic rings. The van der Waals surface area contributed by atoms with E-state index >= 15 is 0 Å². The van der Waals surface area contributed by atoms with Crippen LogP contribution in [0.5, 0.6) is 0 Å². The van der Waals surface area contributed by atoms with Gasteiger partial charge in [-0.3, -0.25) is 0 Å². The molecule has 1 aromatic carbocycles. The SMILES string of the molecule is COC(C)Cn1c(CC(N)=S)nc2ccccc21. The third kappa shape index (κ3) is 2.68. The van der Waals surface area contributed by atoms with E-state index in [-0.39, 0.29) is 6.10 Å². The molecule has 0 radical (unpaired) electrons. The lowest BCUT2D eigenvalue weighted by Crippen LogP contribution is -2.20. The van der Waals surface area contributed by atoms with Crippen LogP contribution in [0.1, 0.15) is 12.7 Å². The lowest BCUT2D eigenvalue weighted by molar-refractivity contribution is 0.103. The molecule has 2 N–H and O–H groups in total. The number of thiocarbonyl (C=S) groups is 1. The number of nitrogens with zero attached hydrogens (tertiary/aromatic N) is 2. The molecule has 0 fully saturated rings. The average Bonchev–Trinajstić information content (AvgIpc) is 2.66. The minimum atomic E-state index is 0.118. The molecule has 0 bridgehead atoms. The highest BCUT2D eigenvalue weighted by atomic mass is 32.1. The topological polar surface area (TPSA) is 53.1 Å². The molecular weight excluding hydrogens is 246 g/mol. The van der Waals surface area contributed by atoms with Gasteiger partial charge in [-0.15, -0.1) is 0 Å². The van der Waals surface area contributed by atoms with Gasteiger partial charge in [-0.05, 0) is 19.1 Å². The summed E-state index contributed by atoms with van der Waals surface area (Å²) in [5.41, 5.74) is 7.68. The molecule has 0 aliphatic heterocycles. The van der Waals surface area contributed by atoms with Gasteiger partial charge in [0.15, 0.2) is 0 Å². The van der Waals surface area contributed by atoms with E-state index in [9.17, 15) is 0 Å². The Morgan fingerprint density at radius 1 is 1.50 bits per heavy atom. The quantitative estimate of drug-likeness (QED) is 0.837. The van der Waals surface area contributed by atoms with Gasteiger partial charge in [0, 0.05) is 7.11 Å². The number of ether oxygens (including phenoxy) is 1. The lowest BCUT2D eigenvalue weighted by Gasteiger charge is -2.13. The first-order chi connectivity index (χ1) is 8.61. The van der Waals surface area contributed by atoms with Gasteiger partial charge in [-0.1, -0.05) is 24.4 Å². The van der Waals surface area contributed by atoms with E-state index in [1.165, 1.54) is 0 Å². The van der Waals surface area contributed by atoms with Gasteiger partial charge in [-0.2, -0.15) is 0 Å². The van der Waals surface area contributed by atoms with E-state index in [0.29, 0.717) is 11.4 Å². The van der Waals surface area contributed by atoms with Gasteiger partial charge >= 0.3 is 0 Å². The van der Waals surface area contributed by atoms with E-state index in [0.717, 1.165) is 23.4 Å². The van der Waals surface area contributed by atoms with Crippen LogP contribution in [0.2, 0.25) is 0 Å². The fourth-order valence-electron chi connectivity index (χ4n) is 1.95. The molecule has 96 valence electrons. The summed E-state index contributed by atoms with van der Waals surface area (Å²) in [7, 11) is 1.71. The summed E-state index contributed by atoms with van der Waals surface area (Å²) in [6, 6.07) is 8.02. The molecular formula is C13H17N3OS. The molecule has 4 nitrogen and oxygen atoms in total. The number of nitrogens with two attached hydrogens (primary N) is 1. The minimum absolute atomic E-state index is 0.118. The second kappa shape index (κ2) is 5.46. The first-order valence-corrected chi connectivity index (χ1v) is 6.28. The van der Waals surface area contributed by atoms with E-state index in [1.807, 2.05) is 31.2 Å². The van der Waals surface area contributed by atoms with E-state index < -0.39 is 0 Å². The van der Waals surface area contributed by atoms with Crippen LogP contribution in [0, 0.1) is 0 Å². The smallest absolute Gasteiger partial charge is 0.116 e. The molecule has 0 saturated carbocycles. The Hall–Kier alpha value is -1.46. The number of fused-ring (bicyclic) bond motifs is 1. The van der Waals surface area contributed by atoms with Crippen molar-refractivity contribution in [1.82, 2.24) is 9.55 Å². The Morgan fingerprint density at radius 3 is 2.89 bits per heavy atom. The summed E-state index contributed by atoms with van der Waals surface area (Å²) < 4.78 is 7.45. The fourth-order valence-corrected chi connectivity index (χ4v) is 2.08. The van der Waals surface area contributed by atoms with Crippen molar-refractivity contribution in [3.05, 3.63) is 30.1 Å². The van der Waals surface area contributed by atoms with Crippen molar-refractivity contribution in [1.29, 1.82) is 0 Å². The number of hydrogen-bond acceptors (Lipinski definition) is 3. The van der Waals surface area contributed by atoms with Crippen molar-refractivity contribution in [3.8, 4) is 0 Å². The van der Waals surface area contributed by atoms with Crippen molar-refractivity contribution in [2.45, 2.75) is 26.0 Å². The molecule has 2 rings (SSSR count). The van der Waals surface area contributed by atoms with Crippen LogP contribution >= 0.6 is 12.2 Å². The first kappa shape index (κ1) is 13.0. The second-order valence-electron chi connectivity index (χ2n) is 4.32. The summed E-state index contributed by atoms with van der Waals surface area (Å²) in [6.45, 7) is 2.77. The molecule has 0 amide bonds. The minimum Gasteiger partial charge on any atom is -0.393 e. The van der Waals surface area contributed by atoms with Crippen molar-refractivity contribution in [3.63, 3.8) is 0 Å². The van der Waals surface area contributed by atoms with Crippen LogP contribution in [0.3, 0.4) is 0 Å². The summed E-state index contributed by atoms with van der Waals surface area (Å²) >= 11 is 4.98. The number of benzene rings is 1. The van der Waals surface area contributed by atoms with Gasteiger partial charge < -0.3 is 15.0 Å². The van der Waals surface area contributed by atoms with Crippen LogP contribution in [-0.4, -0.2) is 27.8 Å². The highest BCUT2D eigenvalue weighted by Crippen LogP contribution is 2.17.